The maximum Gasteiger partial charge on any atom is 0.164 e. The topological polar surface area (TPSA) is 73.7 Å². The summed E-state index contributed by atoms with van der Waals surface area (Å²) in [5.74, 6) is 4.13. The van der Waals surface area contributed by atoms with Crippen LogP contribution in [-0.4, -0.2) is 24.9 Å². The van der Waals surface area contributed by atoms with Crippen LogP contribution in [0.5, 0.6) is 11.5 Å². The molecule has 0 N–H and O–H groups in total. The van der Waals surface area contributed by atoms with Crippen LogP contribution >= 0.6 is 0 Å². The number of para-hydroxylation sites is 2. The second-order valence-electron chi connectivity index (χ2n) is 17.5. The van der Waals surface area contributed by atoms with Gasteiger partial charge < -0.3 is 4.74 Å². The quantitative estimate of drug-likeness (QED) is 0.172. The van der Waals surface area contributed by atoms with Gasteiger partial charge in [-0.15, -0.1) is 0 Å². The third kappa shape index (κ3) is 5.44. The standard InChI is InChI=1S/C59H39N5O/c1-58(2)44-28-13-12-25-41(44)50-52(36-19-6-3-7-20-36)60-56(61-53(50)58)39-33-34-45-43(35-39)40-26-18-27-42(51(40)59(45)46-29-14-16-31-48(46)65-49-32-17-15-30-47(49)59)57-63-54(37-21-8-4-9-22-37)62-55(64-57)38-23-10-5-11-24-38/h3-35H,1-2H3. The zero-order chi connectivity index (χ0) is 43.3. The molecule has 306 valence electrons. The second kappa shape index (κ2) is 14.1. The van der Waals surface area contributed by atoms with E-state index in [2.05, 4.69) is 166 Å². The minimum Gasteiger partial charge on any atom is -0.457 e. The van der Waals surface area contributed by atoms with E-state index in [4.69, 9.17) is 29.7 Å². The lowest BCUT2D eigenvalue weighted by Crippen LogP contribution is -2.32. The van der Waals surface area contributed by atoms with Crippen molar-refractivity contribution in [2.45, 2.75) is 24.7 Å². The lowest BCUT2D eigenvalue weighted by Gasteiger charge is -2.40. The zero-order valence-corrected chi connectivity index (χ0v) is 35.7. The predicted molar refractivity (Wildman–Crippen MR) is 258 cm³/mol. The van der Waals surface area contributed by atoms with Crippen molar-refractivity contribution in [3.63, 3.8) is 0 Å². The molecule has 1 spiro atoms. The Bertz CT molecular complexity index is 3450. The number of ether oxygens (including phenoxy) is 1. The number of aromatic nitrogens is 5. The first-order chi connectivity index (χ1) is 32.0. The van der Waals surface area contributed by atoms with E-state index < -0.39 is 5.41 Å². The maximum atomic E-state index is 6.77. The van der Waals surface area contributed by atoms with E-state index in [1.54, 1.807) is 0 Å². The van der Waals surface area contributed by atoms with Gasteiger partial charge in [0.05, 0.1) is 16.8 Å². The second-order valence-corrected chi connectivity index (χ2v) is 17.5. The van der Waals surface area contributed by atoms with Crippen LogP contribution in [0.2, 0.25) is 0 Å². The first kappa shape index (κ1) is 37.2. The summed E-state index contributed by atoms with van der Waals surface area (Å²) in [5, 5.41) is 0. The third-order valence-electron chi connectivity index (χ3n) is 13.6. The summed E-state index contributed by atoms with van der Waals surface area (Å²) in [6.07, 6.45) is 0. The van der Waals surface area contributed by atoms with E-state index in [0.29, 0.717) is 23.3 Å². The molecule has 13 rings (SSSR count). The van der Waals surface area contributed by atoms with Gasteiger partial charge in [-0.3, -0.25) is 0 Å². The number of fused-ring (bicyclic) bond motifs is 12. The molecule has 0 amide bonds. The summed E-state index contributed by atoms with van der Waals surface area (Å²) >= 11 is 0. The molecule has 0 saturated carbocycles. The summed E-state index contributed by atoms with van der Waals surface area (Å²) in [5.41, 5.74) is 15.7. The van der Waals surface area contributed by atoms with E-state index in [9.17, 15) is 0 Å². The van der Waals surface area contributed by atoms with Crippen molar-refractivity contribution in [3.05, 3.63) is 234 Å². The molecule has 0 radical (unpaired) electrons. The minimum absolute atomic E-state index is 0.327. The lowest BCUT2D eigenvalue weighted by atomic mass is 9.65. The molecule has 0 saturated heterocycles. The lowest BCUT2D eigenvalue weighted by molar-refractivity contribution is 0.436. The summed E-state index contributed by atoms with van der Waals surface area (Å²) in [4.78, 5) is 26.7. The molecule has 3 aliphatic rings. The molecule has 0 unspecified atom stereocenters. The Hall–Kier alpha value is -8.35. The molecule has 2 aromatic heterocycles. The first-order valence-electron chi connectivity index (χ1n) is 22.1. The van der Waals surface area contributed by atoms with Gasteiger partial charge in [0.15, 0.2) is 23.3 Å². The van der Waals surface area contributed by atoms with Crippen molar-refractivity contribution < 1.29 is 4.74 Å². The van der Waals surface area contributed by atoms with Crippen LogP contribution in [0.3, 0.4) is 0 Å². The molecule has 6 nitrogen and oxygen atoms in total. The van der Waals surface area contributed by atoms with Crippen LogP contribution < -0.4 is 4.74 Å². The van der Waals surface area contributed by atoms with E-state index in [1.165, 1.54) is 11.1 Å². The van der Waals surface area contributed by atoms with Crippen molar-refractivity contribution in [1.29, 1.82) is 0 Å². The summed E-state index contributed by atoms with van der Waals surface area (Å²) in [6.45, 7) is 4.56. The average molecular weight is 834 g/mol. The fraction of sp³-hybridized carbons (Fsp3) is 0.0678. The Morgan fingerprint density at radius 1 is 0.354 bits per heavy atom. The largest absolute Gasteiger partial charge is 0.457 e. The Balaban J connectivity index is 1.10. The van der Waals surface area contributed by atoms with Crippen LogP contribution in [0.25, 0.3) is 79.1 Å². The van der Waals surface area contributed by atoms with E-state index in [1.807, 2.05) is 48.5 Å². The first-order valence-corrected chi connectivity index (χ1v) is 22.1. The Morgan fingerprint density at radius 2 is 0.862 bits per heavy atom. The van der Waals surface area contributed by atoms with Crippen molar-refractivity contribution in [2.75, 3.05) is 0 Å². The number of nitrogens with zero attached hydrogens (tertiary/aromatic N) is 5. The molecule has 6 heteroatoms. The number of hydrogen-bond acceptors (Lipinski definition) is 6. The smallest absolute Gasteiger partial charge is 0.164 e. The van der Waals surface area contributed by atoms with Crippen LogP contribution in [-0.2, 0) is 10.8 Å². The van der Waals surface area contributed by atoms with Gasteiger partial charge in [0.25, 0.3) is 0 Å². The summed E-state index contributed by atoms with van der Waals surface area (Å²) in [6, 6.07) is 69.8. The molecule has 10 aromatic rings. The third-order valence-corrected chi connectivity index (χ3v) is 13.6. The molecule has 0 atom stereocenters. The SMILES string of the molecule is CC1(C)c2ccccc2-c2c(-c3ccccc3)nc(-c3ccc4c(c3)-c3cccc(-c5nc(-c6ccccc6)nc(-c6ccccc6)n5)c3C43c4ccccc4Oc4ccccc43)nc21. The Kier molecular flexibility index (Phi) is 8.06. The van der Waals surface area contributed by atoms with Gasteiger partial charge in [-0.2, -0.15) is 0 Å². The molecule has 2 aliphatic carbocycles. The summed E-state index contributed by atoms with van der Waals surface area (Å²) in [7, 11) is 0. The Labute approximate surface area is 377 Å². The molecular formula is C59H39N5O. The van der Waals surface area contributed by atoms with Crippen molar-refractivity contribution >= 4 is 0 Å². The fourth-order valence-electron chi connectivity index (χ4n) is 10.7. The Morgan fingerprint density at radius 3 is 1.51 bits per heavy atom. The highest BCUT2D eigenvalue weighted by Crippen LogP contribution is 2.64. The van der Waals surface area contributed by atoms with E-state index >= 15 is 0 Å². The van der Waals surface area contributed by atoms with Crippen molar-refractivity contribution in [2.24, 2.45) is 0 Å². The highest BCUT2D eigenvalue weighted by molar-refractivity contribution is 5.96. The van der Waals surface area contributed by atoms with Gasteiger partial charge in [0, 0.05) is 49.9 Å². The van der Waals surface area contributed by atoms with E-state index in [-0.39, 0.29) is 5.41 Å². The minimum atomic E-state index is -0.796. The highest BCUT2D eigenvalue weighted by atomic mass is 16.5. The van der Waals surface area contributed by atoms with Gasteiger partial charge in [0.1, 0.15) is 11.5 Å². The fourth-order valence-corrected chi connectivity index (χ4v) is 10.7. The van der Waals surface area contributed by atoms with Gasteiger partial charge in [-0.05, 0) is 51.6 Å². The van der Waals surface area contributed by atoms with E-state index in [0.717, 1.165) is 89.6 Å². The van der Waals surface area contributed by atoms with Gasteiger partial charge in [-0.25, -0.2) is 24.9 Å². The average Bonchev–Trinajstić information content (AvgIpc) is 3.79. The zero-order valence-electron chi connectivity index (χ0n) is 35.7. The molecule has 0 fully saturated rings. The number of benzene rings is 8. The number of rotatable bonds is 5. The molecule has 1 aliphatic heterocycles. The van der Waals surface area contributed by atoms with Crippen LogP contribution in [0.4, 0.5) is 0 Å². The van der Waals surface area contributed by atoms with Crippen LogP contribution in [0, 0.1) is 0 Å². The number of hydrogen-bond donors (Lipinski definition) is 0. The molecule has 3 heterocycles. The molecule has 0 bridgehead atoms. The van der Waals surface area contributed by atoms with Gasteiger partial charge in [0.2, 0.25) is 0 Å². The summed E-state index contributed by atoms with van der Waals surface area (Å²) < 4.78 is 6.77. The normalized spacial score (nSPS) is 14.1. The van der Waals surface area contributed by atoms with Crippen molar-refractivity contribution in [1.82, 2.24) is 24.9 Å². The van der Waals surface area contributed by atoms with Gasteiger partial charge >= 0.3 is 0 Å². The van der Waals surface area contributed by atoms with Crippen LogP contribution in [0.1, 0.15) is 47.4 Å². The molecule has 8 aromatic carbocycles. The highest BCUT2D eigenvalue weighted by Gasteiger charge is 2.53. The maximum absolute atomic E-state index is 6.77. The molecule has 65 heavy (non-hydrogen) atoms. The monoisotopic (exact) mass is 833 g/mol. The molecular weight excluding hydrogens is 795 g/mol. The van der Waals surface area contributed by atoms with Crippen LogP contribution in [0.15, 0.2) is 200 Å². The van der Waals surface area contributed by atoms with Crippen molar-refractivity contribution in [3.8, 4) is 90.6 Å². The van der Waals surface area contributed by atoms with Gasteiger partial charge in [-0.1, -0.05) is 196 Å². The predicted octanol–water partition coefficient (Wildman–Crippen LogP) is 13.8.